The molecule has 3 aromatic carbocycles. The van der Waals surface area contributed by atoms with E-state index in [9.17, 15) is 0 Å². The zero-order chi connectivity index (χ0) is 29.9. The van der Waals surface area contributed by atoms with Gasteiger partial charge in [-0.1, -0.05) is 121 Å². The minimum absolute atomic E-state index is 0.861. The molecule has 0 saturated heterocycles. The van der Waals surface area contributed by atoms with Crippen LogP contribution in [-0.4, -0.2) is 0 Å². The molecule has 1 aromatic heterocycles. The molecule has 1 fully saturated rings. The van der Waals surface area contributed by atoms with E-state index in [1.807, 2.05) is 31.3 Å². The predicted octanol–water partition coefficient (Wildman–Crippen LogP) is 12.9. The van der Waals surface area contributed by atoms with Crippen LogP contribution < -0.4 is 0 Å². The van der Waals surface area contributed by atoms with Crippen molar-refractivity contribution in [3.8, 4) is 11.1 Å². The van der Waals surface area contributed by atoms with Crippen molar-refractivity contribution in [2.45, 2.75) is 93.4 Å². The molecule has 0 atom stereocenters. The van der Waals surface area contributed by atoms with Gasteiger partial charge >= 0.3 is 0 Å². The summed E-state index contributed by atoms with van der Waals surface area (Å²) in [5, 5.41) is 1.45. The summed E-state index contributed by atoms with van der Waals surface area (Å²) < 4.78 is 1.42. The molecule has 0 radical (unpaired) electrons. The Labute approximate surface area is 255 Å². The summed E-state index contributed by atoms with van der Waals surface area (Å²) in [5.74, 6) is 1.79. The average molecular weight is 565 g/mol. The summed E-state index contributed by atoms with van der Waals surface area (Å²) in [4.78, 5) is 1.44. The van der Waals surface area contributed by atoms with Gasteiger partial charge in [0.1, 0.15) is 0 Å². The maximum atomic E-state index is 4.43. The molecule has 0 spiro atoms. The Morgan fingerprint density at radius 2 is 1.49 bits per heavy atom. The van der Waals surface area contributed by atoms with Gasteiger partial charge in [-0.15, -0.1) is 11.3 Å². The fraction of sp³-hybridized carbons (Fsp3) is 0.400. The van der Waals surface area contributed by atoms with E-state index >= 15 is 0 Å². The normalized spacial score (nSPS) is 16.3. The van der Waals surface area contributed by atoms with Crippen molar-refractivity contribution in [3.05, 3.63) is 107 Å². The average Bonchev–Trinajstić information content (AvgIpc) is 3.36. The molecular weight excluding hydrogens is 513 g/mol. The number of hydrogen-bond donors (Lipinski definition) is 0. The van der Waals surface area contributed by atoms with Crippen molar-refractivity contribution in [1.29, 1.82) is 0 Å². The number of aryl methyl sites for hydroxylation is 4. The molecule has 4 aromatic rings. The zero-order valence-electron chi connectivity index (χ0n) is 26.8. The summed E-state index contributed by atoms with van der Waals surface area (Å²) in [6.45, 7) is 23.5. The van der Waals surface area contributed by atoms with Gasteiger partial charge in [0.05, 0.1) is 0 Å². The zero-order valence-corrected chi connectivity index (χ0v) is 27.6. The maximum Gasteiger partial charge on any atom is 0.0354 e. The Balaban J connectivity index is 0.000000215. The first-order valence-corrected chi connectivity index (χ1v) is 16.7. The first-order valence-electron chi connectivity index (χ1n) is 15.9. The Hall–Kier alpha value is -2.90. The third kappa shape index (κ3) is 8.32. The third-order valence-electron chi connectivity index (χ3n) is 8.60. The van der Waals surface area contributed by atoms with Gasteiger partial charge in [0.25, 0.3) is 0 Å². The molecule has 5 rings (SSSR count). The van der Waals surface area contributed by atoms with Gasteiger partial charge in [0, 0.05) is 9.58 Å². The van der Waals surface area contributed by atoms with Crippen LogP contribution in [0.15, 0.2) is 73.8 Å². The number of hydrogen-bond acceptors (Lipinski definition) is 1. The molecule has 1 heterocycles. The van der Waals surface area contributed by atoms with Crippen LogP contribution >= 0.6 is 11.3 Å². The summed E-state index contributed by atoms with van der Waals surface area (Å²) in [5.41, 5.74) is 10.9. The summed E-state index contributed by atoms with van der Waals surface area (Å²) >= 11 is 1.94. The minimum atomic E-state index is 0.861. The molecule has 1 aliphatic rings. The van der Waals surface area contributed by atoms with Gasteiger partial charge in [-0.2, -0.15) is 0 Å². The second-order valence-electron chi connectivity index (χ2n) is 11.5. The summed E-state index contributed by atoms with van der Waals surface area (Å²) in [7, 11) is 0. The SMILES string of the molecule is C=C(CC1CCC(C)CC1)c1sc2cccc(C)c2c1C.C=Cc1ccc(-c2ccc(CC)c(CC)c2)cc1.CC. The van der Waals surface area contributed by atoms with E-state index in [4.69, 9.17) is 0 Å². The second kappa shape index (κ2) is 15.9. The van der Waals surface area contributed by atoms with Gasteiger partial charge in [0.15, 0.2) is 0 Å². The number of rotatable bonds is 7. The standard InChI is InChI=1S/C20H26S.C18H20.C2H6/c1-13-8-10-17(11-9-13)12-15(3)20-16(4)19-14(2)6-5-7-18(19)21-20;1-4-14-7-9-17(10-8-14)18-12-11-15(5-2)16(6-3)13-18;1-2/h5-7,13,17H,3,8-12H2,1-2,4H3;4,7-13H,1,5-6H2,2-3H3;1-2H3. The molecule has 218 valence electrons. The van der Waals surface area contributed by atoms with E-state index in [2.05, 4.69) is 108 Å². The monoisotopic (exact) mass is 564 g/mol. The van der Waals surface area contributed by atoms with Crippen LogP contribution in [0.3, 0.4) is 0 Å². The number of benzene rings is 3. The van der Waals surface area contributed by atoms with Gasteiger partial charge in [-0.25, -0.2) is 0 Å². The van der Waals surface area contributed by atoms with Gasteiger partial charge in [0.2, 0.25) is 0 Å². The number of fused-ring (bicyclic) bond motifs is 1. The lowest BCUT2D eigenvalue weighted by molar-refractivity contribution is 0.294. The van der Waals surface area contributed by atoms with E-state index in [0.717, 1.165) is 24.7 Å². The lowest BCUT2D eigenvalue weighted by Gasteiger charge is -2.26. The van der Waals surface area contributed by atoms with Crippen LogP contribution in [0.25, 0.3) is 32.9 Å². The van der Waals surface area contributed by atoms with Crippen molar-refractivity contribution in [2.75, 3.05) is 0 Å². The number of thiophene rings is 1. The van der Waals surface area contributed by atoms with Crippen molar-refractivity contribution in [3.63, 3.8) is 0 Å². The van der Waals surface area contributed by atoms with Crippen molar-refractivity contribution < 1.29 is 0 Å². The van der Waals surface area contributed by atoms with Crippen molar-refractivity contribution >= 4 is 33.1 Å². The molecular formula is C40H52S. The lowest BCUT2D eigenvalue weighted by atomic mass is 9.80. The summed E-state index contributed by atoms with van der Waals surface area (Å²) in [6.07, 6.45) is 10.9. The number of allylic oxidation sites excluding steroid dienone is 1. The van der Waals surface area contributed by atoms with E-state index < -0.39 is 0 Å². The predicted molar refractivity (Wildman–Crippen MR) is 188 cm³/mol. The molecule has 1 saturated carbocycles. The lowest BCUT2D eigenvalue weighted by Crippen LogP contribution is -2.12. The van der Waals surface area contributed by atoms with E-state index in [0.29, 0.717) is 0 Å². The fourth-order valence-corrected chi connectivity index (χ4v) is 7.37. The molecule has 1 aliphatic carbocycles. The minimum Gasteiger partial charge on any atom is -0.135 e. The Morgan fingerprint density at radius 1 is 0.854 bits per heavy atom. The Bertz CT molecular complexity index is 1410. The Kier molecular flexibility index (Phi) is 12.7. The molecule has 0 unspecified atom stereocenters. The van der Waals surface area contributed by atoms with Crippen LogP contribution in [-0.2, 0) is 12.8 Å². The highest BCUT2D eigenvalue weighted by Crippen LogP contribution is 2.40. The fourth-order valence-electron chi connectivity index (χ4n) is 6.11. The van der Waals surface area contributed by atoms with E-state index in [1.165, 1.54) is 91.6 Å². The smallest absolute Gasteiger partial charge is 0.0354 e. The topological polar surface area (TPSA) is 0 Å². The Morgan fingerprint density at radius 3 is 2.07 bits per heavy atom. The third-order valence-corrected chi connectivity index (χ3v) is 9.96. The highest BCUT2D eigenvalue weighted by Gasteiger charge is 2.21. The molecule has 0 aliphatic heterocycles. The van der Waals surface area contributed by atoms with Gasteiger partial charge < -0.3 is 0 Å². The van der Waals surface area contributed by atoms with E-state index in [1.54, 1.807) is 0 Å². The van der Waals surface area contributed by atoms with Gasteiger partial charge in [-0.3, -0.25) is 0 Å². The molecule has 41 heavy (non-hydrogen) atoms. The molecule has 1 heteroatoms. The quantitative estimate of drug-likeness (QED) is 0.209. The summed E-state index contributed by atoms with van der Waals surface area (Å²) in [6, 6.07) is 22.0. The van der Waals surface area contributed by atoms with Crippen LogP contribution in [0.2, 0.25) is 0 Å². The van der Waals surface area contributed by atoms with Gasteiger partial charge in [-0.05, 0) is 114 Å². The van der Waals surface area contributed by atoms with Crippen molar-refractivity contribution in [2.24, 2.45) is 11.8 Å². The second-order valence-corrected chi connectivity index (χ2v) is 12.5. The molecule has 0 bridgehead atoms. The highest BCUT2D eigenvalue weighted by atomic mass is 32.1. The van der Waals surface area contributed by atoms with Crippen LogP contribution in [0.5, 0.6) is 0 Å². The van der Waals surface area contributed by atoms with E-state index in [-0.39, 0.29) is 0 Å². The highest BCUT2D eigenvalue weighted by molar-refractivity contribution is 7.20. The first kappa shape index (κ1) is 32.6. The largest absolute Gasteiger partial charge is 0.135 e. The van der Waals surface area contributed by atoms with Crippen molar-refractivity contribution in [1.82, 2.24) is 0 Å². The molecule has 0 nitrogen and oxygen atoms in total. The molecule has 0 N–H and O–H groups in total. The maximum absolute atomic E-state index is 4.43. The first-order chi connectivity index (χ1) is 19.8. The van der Waals surface area contributed by atoms with Crippen LogP contribution in [0.1, 0.15) is 99.4 Å². The van der Waals surface area contributed by atoms with Crippen LogP contribution in [0, 0.1) is 25.7 Å². The molecule has 0 amide bonds. The van der Waals surface area contributed by atoms with Crippen LogP contribution in [0.4, 0.5) is 0 Å².